The Morgan fingerprint density at radius 2 is 1.86 bits per heavy atom. The first-order valence-electron chi connectivity index (χ1n) is 7.71. The Hall–Kier alpha value is -2.11. The standard InChI is InChI=1S/C16H23N3O3/c1-12(16(21)22)18(2)15(20)13-7-8-14(17-11-13)19-9-5-3-4-6-10-19/h7-8,11-12H,3-6,9-10H2,1-2H3,(H,21,22)/t12-/m0/s1. The Balaban J connectivity index is 2.07. The lowest BCUT2D eigenvalue weighted by Gasteiger charge is -2.23. The summed E-state index contributed by atoms with van der Waals surface area (Å²) in [4.78, 5) is 31.0. The van der Waals surface area contributed by atoms with Crippen molar-refractivity contribution in [3.05, 3.63) is 23.9 Å². The van der Waals surface area contributed by atoms with Gasteiger partial charge in [-0.25, -0.2) is 9.78 Å². The first kappa shape index (κ1) is 16.3. The summed E-state index contributed by atoms with van der Waals surface area (Å²) in [6.07, 6.45) is 6.38. The first-order valence-corrected chi connectivity index (χ1v) is 7.71. The van der Waals surface area contributed by atoms with E-state index in [1.54, 1.807) is 6.07 Å². The zero-order valence-corrected chi connectivity index (χ0v) is 13.2. The number of carbonyl (C=O) groups excluding carboxylic acids is 1. The molecule has 2 rings (SSSR count). The lowest BCUT2D eigenvalue weighted by molar-refractivity contribution is -0.141. The minimum Gasteiger partial charge on any atom is -0.480 e. The number of carbonyl (C=O) groups is 2. The van der Waals surface area contributed by atoms with Crippen molar-refractivity contribution in [2.75, 3.05) is 25.0 Å². The summed E-state index contributed by atoms with van der Waals surface area (Å²) >= 11 is 0. The third-order valence-corrected chi connectivity index (χ3v) is 4.18. The number of aromatic nitrogens is 1. The van der Waals surface area contributed by atoms with Gasteiger partial charge < -0.3 is 14.9 Å². The molecule has 0 saturated carbocycles. The second-order valence-electron chi connectivity index (χ2n) is 5.74. The van der Waals surface area contributed by atoms with Crippen molar-refractivity contribution in [3.8, 4) is 0 Å². The molecule has 1 fully saturated rings. The number of carboxylic acid groups (broad SMARTS) is 1. The highest BCUT2D eigenvalue weighted by Crippen LogP contribution is 2.18. The number of carboxylic acids is 1. The molecule has 0 spiro atoms. The number of rotatable bonds is 4. The Bertz CT molecular complexity index is 522. The van der Waals surface area contributed by atoms with Crippen LogP contribution in [0.2, 0.25) is 0 Å². The van der Waals surface area contributed by atoms with Crippen LogP contribution >= 0.6 is 0 Å². The molecule has 1 aliphatic heterocycles. The SMILES string of the molecule is C[C@@H](C(=O)O)N(C)C(=O)c1ccc(N2CCCCCC2)nc1. The summed E-state index contributed by atoms with van der Waals surface area (Å²) < 4.78 is 0. The minimum atomic E-state index is -1.02. The molecule has 0 unspecified atom stereocenters. The highest BCUT2D eigenvalue weighted by atomic mass is 16.4. The van der Waals surface area contributed by atoms with E-state index in [4.69, 9.17) is 5.11 Å². The van der Waals surface area contributed by atoms with Gasteiger partial charge >= 0.3 is 5.97 Å². The van der Waals surface area contributed by atoms with Crippen molar-refractivity contribution in [1.29, 1.82) is 0 Å². The number of nitrogens with zero attached hydrogens (tertiary/aromatic N) is 3. The number of hydrogen-bond acceptors (Lipinski definition) is 4. The van der Waals surface area contributed by atoms with Crippen molar-refractivity contribution in [3.63, 3.8) is 0 Å². The molecule has 0 radical (unpaired) electrons. The van der Waals surface area contributed by atoms with E-state index in [0.717, 1.165) is 18.9 Å². The van der Waals surface area contributed by atoms with Gasteiger partial charge in [0.15, 0.2) is 0 Å². The fraction of sp³-hybridized carbons (Fsp3) is 0.562. The van der Waals surface area contributed by atoms with Crippen molar-refractivity contribution >= 4 is 17.7 Å². The van der Waals surface area contributed by atoms with Gasteiger partial charge in [0.05, 0.1) is 5.56 Å². The molecule has 6 nitrogen and oxygen atoms in total. The van der Waals surface area contributed by atoms with E-state index in [1.807, 2.05) is 6.07 Å². The predicted octanol–water partition coefficient (Wildman–Crippen LogP) is 2.01. The lowest BCUT2D eigenvalue weighted by Crippen LogP contribution is -2.40. The Morgan fingerprint density at radius 1 is 1.23 bits per heavy atom. The Labute approximate surface area is 130 Å². The molecule has 2 heterocycles. The molecule has 1 atom stereocenters. The van der Waals surface area contributed by atoms with Gasteiger partial charge in [-0.2, -0.15) is 0 Å². The summed E-state index contributed by atoms with van der Waals surface area (Å²) in [7, 11) is 1.49. The van der Waals surface area contributed by atoms with Gasteiger partial charge in [0, 0.05) is 26.3 Å². The van der Waals surface area contributed by atoms with Crippen LogP contribution in [0, 0.1) is 0 Å². The first-order chi connectivity index (χ1) is 10.5. The number of hydrogen-bond donors (Lipinski definition) is 1. The molecule has 1 N–H and O–H groups in total. The summed E-state index contributed by atoms with van der Waals surface area (Å²) in [5.41, 5.74) is 0.411. The van der Waals surface area contributed by atoms with Crippen molar-refractivity contribution < 1.29 is 14.7 Å². The van der Waals surface area contributed by atoms with E-state index in [2.05, 4.69) is 9.88 Å². The molecule has 22 heavy (non-hydrogen) atoms. The van der Waals surface area contributed by atoms with Gasteiger partial charge in [0.2, 0.25) is 0 Å². The van der Waals surface area contributed by atoms with Gasteiger partial charge in [-0.15, -0.1) is 0 Å². The van der Waals surface area contributed by atoms with E-state index in [9.17, 15) is 9.59 Å². The van der Waals surface area contributed by atoms with Crippen LogP contribution in [0.25, 0.3) is 0 Å². The third-order valence-electron chi connectivity index (χ3n) is 4.18. The van der Waals surface area contributed by atoms with E-state index >= 15 is 0 Å². The second-order valence-corrected chi connectivity index (χ2v) is 5.74. The molecular formula is C16H23N3O3. The summed E-state index contributed by atoms with van der Waals surface area (Å²) in [6, 6.07) is 2.70. The third kappa shape index (κ3) is 3.75. The quantitative estimate of drug-likeness (QED) is 0.921. The molecule has 1 aromatic heterocycles. The van der Waals surface area contributed by atoms with Gasteiger partial charge in [-0.05, 0) is 31.9 Å². The lowest BCUT2D eigenvalue weighted by atomic mass is 10.2. The minimum absolute atomic E-state index is 0.329. The van der Waals surface area contributed by atoms with Crippen LogP contribution in [0.4, 0.5) is 5.82 Å². The maximum atomic E-state index is 12.2. The fourth-order valence-electron chi connectivity index (χ4n) is 2.54. The zero-order chi connectivity index (χ0) is 16.1. The van der Waals surface area contributed by atoms with Gasteiger partial charge in [-0.1, -0.05) is 12.8 Å². The van der Waals surface area contributed by atoms with Crippen LogP contribution < -0.4 is 4.90 Å². The van der Waals surface area contributed by atoms with Crippen LogP contribution in [0.15, 0.2) is 18.3 Å². The highest BCUT2D eigenvalue weighted by Gasteiger charge is 2.23. The normalized spacial score (nSPS) is 16.7. The fourth-order valence-corrected chi connectivity index (χ4v) is 2.54. The smallest absolute Gasteiger partial charge is 0.326 e. The molecule has 0 bridgehead atoms. The van der Waals surface area contributed by atoms with Gasteiger partial charge in [0.1, 0.15) is 11.9 Å². The largest absolute Gasteiger partial charge is 0.480 e. The second kappa shape index (κ2) is 7.24. The summed E-state index contributed by atoms with van der Waals surface area (Å²) in [6.45, 7) is 3.48. The predicted molar refractivity (Wildman–Crippen MR) is 84.1 cm³/mol. The van der Waals surface area contributed by atoms with Crippen LogP contribution in [0.1, 0.15) is 43.0 Å². The highest BCUT2D eigenvalue weighted by molar-refractivity contribution is 5.96. The molecular weight excluding hydrogens is 282 g/mol. The van der Waals surface area contributed by atoms with E-state index < -0.39 is 12.0 Å². The molecule has 120 valence electrons. The molecule has 1 aliphatic rings. The number of amides is 1. The number of likely N-dealkylation sites (N-methyl/N-ethyl adjacent to an activating group) is 1. The number of pyridine rings is 1. The Kier molecular flexibility index (Phi) is 5.35. The summed E-state index contributed by atoms with van der Waals surface area (Å²) in [5, 5.41) is 8.97. The molecule has 0 aromatic carbocycles. The van der Waals surface area contributed by atoms with Crippen LogP contribution in [-0.2, 0) is 4.79 Å². The van der Waals surface area contributed by atoms with Crippen LogP contribution in [0.3, 0.4) is 0 Å². The molecule has 1 amide bonds. The number of aliphatic carboxylic acids is 1. The maximum Gasteiger partial charge on any atom is 0.326 e. The monoisotopic (exact) mass is 305 g/mol. The maximum absolute atomic E-state index is 12.2. The average Bonchev–Trinajstić information content (AvgIpc) is 2.82. The topological polar surface area (TPSA) is 73.7 Å². The van der Waals surface area contributed by atoms with Crippen LogP contribution in [0.5, 0.6) is 0 Å². The van der Waals surface area contributed by atoms with Crippen molar-refractivity contribution in [2.45, 2.75) is 38.6 Å². The van der Waals surface area contributed by atoms with Crippen LogP contribution in [-0.4, -0.2) is 53.0 Å². The number of anilines is 1. The summed E-state index contributed by atoms with van der Waals surface area (Å²) in [5.74, 6) is -0.470. The van der Waals surface area contributed by atoms with Gasteiger partial charge in [0.25, 0.3) is 5.91 Å². The zero-order valence-electron chi connectivity index (χ0n) is 13.2. The molecule has 6 heteroatoms. The van der Waals surface area contributed by atoms with Gasteiger partial charge in [-0.3, -0.25) is 4.79 Å². The average molecular weight is 305 g/mol. The Morgan fingerprint density at radius 3 is 2.36 bits per heavy atom. The van der Waals surface area contributed by atoms with E-state index in [-0.39, 0.29) is 5.91 Å². The van der Waals surface area contributed by atoms with Crippen molar-refractivity contribution in [2.24, 2.45) is 0 Å². The van der Waals surface area contributed by atoms with Crippen molar-refractivity contribution in [1.82, 2.24) is 9.88 Å². The van der Waals surface area contributed by atoms with E-state index in [1.165, 1.54) is 50.8 Å². The molecule has 1 saturated heterocycles. The molecule has 0 aliphatic carbocycles. The molecule has 1 aromatic rings. The van der Waals surface area contributed by atoms with E-state index in [0.29, 0.717) is 5.56 Å².